The Morgan fingerprint density at radius 1 is 1.09 bits per heavy atom. The highest BCUT2D eigenvalue weighted by atomic mass is 35.5. The van der Waals surface area contributed by atoms with Crippen LogP contribution in [0.1, 0.15) is 18.1 Å². The van der Waals surface area contributed by atoms with Gasteiger partial charge in [-0.05, 0) is 61.0 Å². The molecule has 0 aromatic heterocycles. The Hall–Kier alpha value is -3.53. The van der Waals surface area contributed by atoms with Crippen molar-refractivity contribution in [2.45, 2.75) is 6.92 Å². The molecule has 3 rings (SSSR count). The number of carbonyl (C=O) groups excluding carboxylic acids is 1. The number of nitriles is 1. The van der Waals surface area contributed by atoms with E-state index in [1.54, 1.807) is 49.4 Å². The Morgan fingerprint density at radius 2 is 1.82 bits per heavy atom. The maximum absolute atomic E-state index is 13.0. The largest absolute Gasteiger partial charge is 0.490 e. The molecule has 0 fully saturated rings. The molecule has 0 radical (unpaired) electrons. The van der Waals surface area contributed by atoms with E-state index in [2.05, 4.69) is 11.4 Å². The van der Waals surface area contributed by atoms with Gasteiger partial charge in [0.25, 0.3) is 5.91 Å². The van der Waals surface area contributed by atoms with Crippen LogP contribution in [-0.4, -0.2) is 19.1 Å². The van der Waals surface area contributed by atoms with Gasteiger partial charge in [0.1, 0.15) is 5.82 Å². The Balaban J connectivity index is 1.82. The van der Waals surface area contributed by atoms with Gasteiger partial charge in [0.05, 0.1) is 23.3 Å². The lowest BCUT2D eigenvalue weighted by Crippen LogP contribution is -2.20. The molecule has 0 heterocycles. The molecule has 0 aliphatic rings. The lowest BCUT2D eigenvalue weighted by atomic mass is 10.0. The maximum atomic E-state index is 13.0. The molecule has 3 aromatic carbocycles. The zero-order valence-corrected chi connectivity index (χ0v) is 19.1. The van der Waals surface area contributed by atoms with Crippen molar-refractivity contribution in [3.63, 3.8) is 0 Å². The predicted octanol–water partition coefficient (Wildman–Crippen LogP) is 6.61. The van der Waals surface area contributed by atoms with Crippen molar-refractivity contribution in [2.24, 2.45) is 0 Å². The van der Waals surface area contributed by atoms with Gasteiger partial charge in [-0.2, -0.15) is 5.26 Å². The number of ether oxygens (including phenoxy) is 2. The highest BCUT2D eigenvalue weighted by molar-refractivity contribution is 6.33. The number of benzene rings is 3. The minimum atomic E-state index is -0.449. The van der Waals surface area contributed by atoms with E-state index in [-0.39, 0.29) is 17.4 Å². The van der Waals surface area contributed by atoms with Crippen LogP contribution in [0.25, 0.3) is 11.6 Å². The second-order valence-corrected chi connectivity index (χ2v) is 7.57. The molecule has 0 atom stereocenters. The summed E-state index contributed by atoms with van der Waals surface area (Å²) in [4.78, 5) is 12.2. The molecule has 0 bridgehead atoms. The third-order valence-electron chi connectivity index (χ3n) is 4.40. The number of amides is 1. The number of rotatable bonds is 8. The van der Waals surface area contributed by atoms with Gasteiger partial charge in [-0.3, -0.25) is 4.79 Å². The molecule has 8 heteroatoms. The van der Waals surface area contributed by atoms with Gasteiger partial charge < -0.3 is 14.8 Å². The topological polar surface area (TPSA) is 71.3 Å². The summed E-state index contributed by atoms with van der Waals surface area (Å²) < 4.78 is 24.3. The first-order valence-corrected chi connectivity index (χ1v) is 10.7. The van der Waals surface area contributed by atoms with Gasteiger partial charge in [0.15, 0.2) is 18.1 Å². The number of nitrogens with zero attached hydrogens (tertiary/aromatic N) is 1. The van der Waals surface area contributed by atoms with Crippen LogP contribution in [-0.2, 0) is 4.79 Å². The fraction of sp³-hybridized carbons (Fsp3) is 0.120. The lowest BCUT2D eigenvalue weighted by molar-refractivity contribution is -0.118. The van der Waals surface area contributed by atoms with Gasteiger partial charge in [-0.25, -0.2) is 4.39 Å². The van der Waals surface area contributed by atoms with E-state index in [0.29, 0.717) is 39.8 Å². The van der Waals surface area contributed by atoms with Crippen LogP contribution in [0, 0.1) is 17.1 Å². The first kappa shape index (κ1) is 24.1. The standard InChI is InChI=1S/C25H19Cl2FN2O3/c1-2-32-23-13-16(11-17(14-29)20-5-3-4-6-21(20)26)12-22(27)25(23)33-15-24(31)30-19-9-7-18(28)8-10-19/h3-13H,2,15H2,1H3,(H,30,31). The van der Waals surface area contributed by atoms with E-state index in [4.69, 9.17) is 32.7 Å². The van der Waals surface area contributed by atoms with E-state index in [0.717, 1.165) is 0 Å². The Labute approximate surface area is 201 Å². The molecule has 0 aliphatic carbocycles. The number of allylic oxidation sites excluding steroid dienone is 1. The van der Waals surface area contributed by atoms with Crippen LogP contribution in [0.4, 0.5) is 10.1 Å². The van der Waals surface area contributed by atoms with E-state index < -0.39 is 11.7 Å². The summed E-state index contributed by atoms with van der Waals surface area (Å²) in [6.45, 7) is 1.79. The number of hydrogen-bond donors (Lipinski definition) is 1. The van der Waals surface area contributed by atoms with Gasteiger partial charge in [0.2, 0.25) is 0 Å². The molecule has 0 saturated heterocycles. The SMILES string of the molecule is CCOc1cc(C=C(C#N)c2ccccc2Cl)cc(Cl)c1OCC(=O)Nc1ccc(F)cc1. The van der Waals surface area contributed by atoms with Crippen LogP contribution in [0.5, 0.6) is 11.5 Å². The van der Waals surface area contributed by atoms with Gasteiger partial charge in [-0.15, -0.1) is 0 Å². The summed E-state index contributed by atoms with van der Waals surface area (Å²) in [7, 11) is 0. The third-order valence-corrected chi connectivity index (χ3v) is 5.01. The first-order chi connectivity index (χ1) is 15.9. The lowest BCUT2D eigenvalue weighted by Gasteiger charge is -2.15. The Morgan fingerprint density at radius 3 is 2.48 bits per heavy atom. The number of carbonyl (C=O) groups is 1. The van der Waals surface area contributed by atoms with Crippen molar-refractivity contribution in [3.8, 4) is 17.6 Å². The second kappa shape index (κ2) is 11.4. The molecular weight excluding hydrogens is 466 g/mol. The van der Waals surface area contributed by atoms with Gasteiger partial charge in [0, 0.05) is 16.3 Å². The number of halogens is 3. The number of nitrogens with one attached hydrogen (secondary N) is 1. The highest BCUT2D eigenvalue weighted by Crippen LogP contribution is 2.38. The Bertz CT molecular complexity index is 1220. The molecule has 1 amide bonds. The average molecular weight is 485 g/mol. The van der Waals surface area contributed by atoms with Crippen molar-refractivity contribution in [1.29, 1.82) is 5.26 Å². The van der Waals surface area contributed by atoms with E-state index in [9.17, 15) is 14.4 Å². The van der Waals surface area contributed by atoms with Crippen molar-refractivity contribution < 1.29 is 18.7 Å². The van der Waals surface area contributed by atoms with E-state index >= 15 is 0 Å². The quantitative estimate of drug-likeness (QED) is 0.288. The summed E-state index contributed by atoms with van der Waals surface area (Å²) in [5.41, 5.74) is 1.98. The van der Waals surface area contributed by atoms with E-state index in [1.165, 1.54) is 24.3 Å². The molecule has 3 aromatic rings. The Kier molecular flexibility index (Phi) is 8.31. The molecule has 1 N–H and O–H groups in total. The summed E-state index contributed by atoms with van der Waals surface area (Å²) in [6, 6.07) is 17.8. The van der Waals surface area contributed by atoms with Gasteiger partial charge >= 0.3 is 0 Å². The van der Waals surface area contributed by atoms with Crippen molar-refractivity contribution >= 4 is 46.4 Å². The van der Waals surface area contributed by atoms with Crippen molar-refractivity contribution in [1.82, 2.24) is 0 Å². The zero-order valence-electron chi connectivity index (χ0n) is 17.6. The van der Waals surface area contributed by atoms with Crippen molar-refractivity contribution in [3.05, 3.63) is 87.7 Å². The zero-order chi connectivity index (χ0) is 23.8. The maximum Gasteiger partial charge on any atom is 0.262 e. The summed E-state index contributed by atoms with van der Waals surface area (Å²) in [5, 5.41) is 12.9. The minimum Gasteiger partial charge on any atom is -0.490 e. The molecule has 0 saturated carbocycles. The predicted molar refractivity (Wildman–Crippen MR) is 128 cm³/mol. The van der Waals surface area contributed by atoms with Crippen molar-refractivity contribution in [2.75, 3.05) is 18.5 Å². The van der Waals surface area contributed by atoms with Crippen LogP contribution in [0.15, 0.2) is 60.7 Å². The highest BCUT2D eigenvalue weighted by Gasteiger charge is 2.15. The molecule has 0 unspecified atom stereocenters. The minimum absolute atomic E-state index is 0.196. The molecule has 5 nitrogen and oxygen atoms in total. The average Bonchev–Trinajstić information content (AvgIpc) is 2.79. The monoisotopic (exact) mass is 484 g/mol. The van der Waals surface area contributed by atoms with Crippen LogP contribution in [0.3, 0.4) is 0 Å². The van der Waals surface area contributed by atoms with Crippen LogP contribution < -0.4 is 14.8 Å². The number of anilines is 1. The molecule has 168 valence electrons. The molecule has 33 heavy (non-hydrogen) atoms. The molecule has 0 aliphatic heterocycles. The smallest absolute Gasteiger partial charge is 0.262 e. The summed E-state index contributed by atoms with van der Waals surface area (Å²) in [5.74, 6) is -0.335. The molecular formula is C25H19Cl2FN2O3. The third kappa shape index (κ3) is 6.48. The fourth-order valence-electron chi connectivity index (χ4n) is 2.96. The number of hydrogen-bond acceptors (Lipinski definition) is 4. The fourth-order valence-corrected chi connectivity index (χ4v) is 3.47. The normalized spacial score (nSPS) is 10.9. The molecule has 0 spiro atoms. The summed E-state index contributed by atoms with van der Waals surface area (Å²) >= 11 is 12.6. The van der Waals surface area contributed by atoms with Gasteiger partial charge in [-0.1, -0.05) is 41.4 Å². The van der Waals surface area contributed by atoms with Crippen LogP contribution >= 0.6 is 23.2 Å². The summed E-state index contributed by atoms with van der Waals surface area (Å²) in [6.07, 6.45) is 1.64. The van der Waals surface area contributed by atoms with Crippen LogP contribution in [0.2, 0.25) is 10.0 Å². The second-order valence-electron chi connectivity index (χ2n) is 6.76. The first-order valence-electron chi connectivity index (χ1n) is 9.92. The van der Waals surface area contributed by atoms with E-state index in [1.807, 2.05) is 0 Å².